The Morgan fingerprint density at radius 3 is 2.59 bits per heavy atom. The van der Waals surface area contributed by atoms with Gasteiger partial charge in [-0.3, -0.25) is 4.79 Å². The van der Waals surface area contributed by atoms with Crippen LogP contribution in [0.1, 0.15) is 59.1 Å². The Balaban J connectivity index is 1.71. The first-order valence-electron chi connectivity index (χ1n) is 11.9. The van der Waals surface area contributed by atoms with Gasteiger partial charge in [0.15, 0.2) is 11.4 Å². The van der Waals surface area contributed by atoms with Crippen LogP contribution in [-0.4, -0.2) is 46.1 Å². The average molecular weight is 500 g/mol. The molecule has 1 aliphatic carbocycles. The molecule has 9 heteroatoms. The summed E-state index contributed by atoms with van der Waals surface area (Å²) < 4.78 is 7.85. The predicted octanol–water partition coefficient (Wildman–Crippen LogP) is 6.32. The lowest BCUT2D eigenvalue weighted by molar-refractivity contribution is 0.0700. The summed E-state index contributed by atoms with van der Waals surface area (Å²) >= 11 is 1.16. The summed E-state index contributed by atoms with van der Waals surface area (Å²) in [5.41, 5.74) is 1.94. The summed E-state index contributed by atoms with van der Waals surface area (Å²) in [6, 6.07) is 4.38. The molecule has 1 aliphatic rings. The second-order valence-corrected chi connectivity index (χ2v) is 17.4. The highest BCUT2D eigenvalue weighted by Gasteiger charge is 2.37. The molecule has 4 rings (SSSR count). The minimum atomic E-state index is -1.20. The SMILES string of the molecule is CC1(C(=O)c2cn(COCC[Si](C)(C)C)c3ncc(-c4ccc(C(=O)O)s4)nc23)CCCCC1. The third-order valence-electron chi connectivity index (χ3n) is 6.61. The summed E-state index contributed by atoms with van der Waals surface area (Å²) in [6.07, 6.45) is 8.55. The molecule has 0 aromatic carbocycles. The van der Waals surface area contributed by atoms with E-state index in [0.717, 1.165) is 43.1 Å². The lowest BCUT2D eigenvalue weighted by Crippen LogP contribution is -2.30. The number of Topliss-reactive ketones (excluding diaryl/α,β-unsaturated/α-hetero) is 1. The monoisotopic (exact) mass is 499 g/mol. The van der Waals surface area contributed by atoms with Crippen molar-refractivity contribution in [3.63, 3.8) is 0 Å². The van der Waals surface area contributed by atoms with Crippen molar-refractivity contribution in [2.45, 2.75) is 71.4 Å². The Bertz CT molecular complexity index is 1200. The third-order valence-corrected chi connectivity index (χ3v) is 9.41. The van der Waals surface area contributed by atoms with Crippen LogP contribution in [0.2, 0.25) is 25.7 Å². The number of carboxylic acids is 1. The van der Waals surface area contributed by atoms with Gasteiger partial charge in [0.25, 0.3) is 0 Å². The zero-order chi connectivity index (χ0) is 24.5. The molecule has 34 heavy (non-hydrogen) atoms. The number of aromatic nitrogens is 3. The number of fused-ring (bicyclic) bond motifs is 1. The molecule has 0 saturated heterocycles. The minimum absolute atomic E-state index is 0.113. The van der Waals surface area contributed by atoms with E-state index in [-0.39, 0.29) is 10.7 Å². The van der Waals surface area contributed by atoms with Crippen LogP contribution < -0.4 is 0 Å². The normalized spacial score (nSPS) is 16.1. The molecule has 0 spiro atoms. The molecule has 0 bridgehead atoms. The van der Waals surface area contributed by atoms with Gasteiger partial charge in [-0.2, -0.15) is 0 Å². The summed E-state index contributed by atoms with van der Waals surface area (Å²) in [7, 11) is -1.20. The molecule has 1 N–H and O–H groups in total. The molecule has 3 aromatic heterocycles. The highest BCUT2D eigenvalue weighted by atomic mass is 32.1. The van der Waals surface area contributed by atoms with E-state index in [1.54, 1.807) is 18.3 Å². The van der Waals surface area contributed by atoms with Gasteiger partial charge in [-0.25, -0.2) is 14.8 Å². The number of nitrogens with zero attached hydrogens (tertiary/aromatic N) is 3. The number of carbonyl (C=O) groups is 2. The zero-order valence-corrected chi connectivity index (χ0v) is 22.2. The zero-order valence-electron chi connectivity index (χ0n) is 20.4. The Morgan fingerprint density at radius 2 is 1.94 bits per heavy atom. The average Bonchev–Trinajstić information content (AvgIpc) is 3.41. The van der Waals surface area contributed by atoms with E-state index in [0.29, 0.717) is 40.6 Å². The van der Waals surface area contributed by atoms with Gasteiger partial charge in [-0.1, -0.05) is 45.8 Å². The van der Waals surface area contributed by atoms with Crippen LogP contribution in [0.25, 0.3) is 21.7 Å². The van der Waals surface area contributed by atoms with E-state index in [9.17, 15) is 14.7 Å². The van der Waals surface area contributed by atoms with Gasteiger partial charge in [0, 0.05) is 26.3 Å². The van der Waals surface area contributed by atoms with E-state index in [1.165, 1.54) is 6.42 Å². The maximum atomic E-state index is 13.8. The summed E-state index contributed by atoms with van der Waals surface area (Å²) in [5.74, 6) is -0.852. The minimum Gasteiger partial charge on any atom is -0.477 e. The van der Waals surface area contributed by atoms with Crippen molar-refractivity contribution in [3.05, 3.63) is 35.0 Å². The number of hydrogen-bond acceptors (Lipinski definition) is 6. The van der Waals surface area contributed by atoms with Gasteiger partial charge >= 0.3 is 5.97 Å². The van der Waals surface area contributed by atoms with Crippen LogP contribution in [0.5, 0.6) is 0 Å². The lowest BCUT2D eigenvalue weighted by atomic mass is 9.71. The Labute approximate surface area is 205 Å². The maximum Gasteiger partial charge on any atom is 0.345 e. The van der Waals surface area contributed by atoms with Gasteiger partial charge in [0.05, 0.1) is 22.3 Å². The second kappa shape index (κ2) is 9.71. The maximum absolute atomic E-state index is 13.8. The van der Waals surface area contributed by atoms with Crippen LogP contribution in [0.4, 0.5) is 0 Å². The molecule has 0 atom stereocenters. The summed E-state index contributed by atoms with van der Waals surface area (Å²) in [6.45, 7) is 10.0. The lowest BCUT2D eigenvalue weighted by Gasteiger charge is -2.31. The molecule has 0 radical (unpaired) electrons. The van der Waals surface area contributed by atoms with Gasteiger partial charge in [0.1, 0.15) is 17.1 Å². The molecule has 7 nitrogen and oxygen atoms in total. The number of rotatable bonds is 9. The van der Waals surface area contributed by atoms with Crippen molar-refractivity contribution in [3.8, 4) is 10.6 Å². The smallest absolute Gasteiger partial charge is 0.345 e. The molecule has 0 unspecified atom stereocenters. The molecule has 3 aromatic rings. The summed E-state index contributed by atoms with van der Waals surface area (Å²) in [4.78, 5) is 35.5. The highest BCUT2D eigenvalue weighted by molar-refractivity contribution is 7.17. The van der Waals surface area contributed by atoms with E-state index >= 15 is 0 Å². The molecule has 0 aliphatic heterocycles. The molecule has 0 amide bonds. The topological polar surface area (TPSA) is 94.3 Å². The standard InChI is InChI=1S/C25H33N3O4SSi/c1-25(10-6-5-7-11-25)22(29)17-15-28(16-32-12-13-34(2,3)4)23-21(17)27-18(14-26-23)19-8-9-20(33-19)24(30)31/h8-9,14-15H,5-7,10-13,16H2,1-4H3,(H,30,31). The van der Waals surface area contributed by atoms with Crippen molar-refractivity contribution < 1.29 is 19.4 Å². The van der Waals surface area contributed by atoms with Crippen molar-refractivity contribution in [1.29, 1.82) is 0 Å². The largest absolute Gasteiger partial charge is 0.477 e. The van der Waals surface area contributed by atoms with Gasteiger partial charge in [0.2, 0.25) is 0 Å². The Kier molecular flexibility index (Phi) is 7.07. The van der Waals surface area contributed by atoms with E-state index in [2.05, 4.69) is 31.5 Å². The van der Waals surface area contributed by atoms with Gasteiger partial charge < -0.3 is 14.4 Å². The van der Waals surface area contributed by atoms with Gasteiger partial charge in [-0.15, -0.1) is 11.3 Å². The number of ether oxygens (including phenoxy) is 1. The van der Waals surface area contributed by atoms with Crippen LogP contribution in [0, 0.1) is 5.41 Å². The predicted molar refractivity (Wildman–Crippen MR) is 137 cm³/mol. The number of aromatic carboxylic acids is 1. The van der Waals surface area contributed by atoms with E-state index in [1.807, 2.05) is 10.8 Å². The number of ketones is 1. The summed E-state index contributed by atoms with van der Waals surface area (Å²) in [5, 5.41) is 9.28. The van der Waals surface area contributed by atoms with Gasteiger partial charge in [-0.05, 0) is 31.0 Å². The van der Waals surface area contributed by atoms with Crippen LogP contribution >= 0.6 is 11.3 Å². The van der Waals surface area contributed by atoms with E-state index in [4.69, 9.17) is 9.72 Å². The van der Waals surface area contributed by atoms with Crippen molar-refractivity contribution in [2.24, 2.45) is 5.41 Å². The van der Waals surface area contributed by atoms with E-state index < -0.39 is 19.5 Å². The number of carbonyl (C=O) groups excluding carboxylic acids is 1. The number of thiophene rings is 1. The van der Waals surface area contributed by atoms with Crippen molar-refractivity contribution in [2.75, 3.05) is 6.61 Å². The number of hydrogen-bond donors (Lipinski definition) is 1. The molecule has 3 heterocycles. The second-order valence-electron chi connectivity index (χ2n) is 10.7. The van der Waals surface area contributed by atoms with Crippen molar-refractivity contribution in [1.82, 2.24) is 14.5 Å². The third kappa shape index (κ3) is 5.31. The highest BCUT2D eigenvalue weighted by Crippen LogP contribution is 2.40. The first kappa shape index (κ1) is 24.8. The molecular weight excluding hydrogens is 466 g/mol. The quantitative estimate of drug-likeness (QED) is 0.210. The van der Waals surface area contributed by atoms with Crippen molar-refractivity contribution >= 4 is 42.3 Å². The fourth-order valence-corrected chi connectivity index (χ4v) is 6.01. The molecular formula is C25H33N3O4SSi. The van der Waals surface area contributed by atoms with Crippen LogP contribution in [0.3, 0.4) is 0 Å². The van der Waals surface area contributed by atoms with Crippen LogP contribution in [0.15, 0.2) is 24.5 Å². The number of carboxylic acid groups (broad SMARTS) is 1. The fourth-order valence-electron chi connectivity index (χ4n) is 4.45. The molecule has 1 saturated carbocycles. The Morgan fingerprint density at radius 1 is 1.21 bits per heavy atom. The Hall–Kier alpha value is -2.36. The molecule has 1 fully saturated rings. The molecule has 182 valence electrons. The van der Waals surface area contributed by atoms with Crippen LogP contribution in [-0.2, 0) is 11.5 Å². The first-order valence-corrected chi connectivity index (χ1v) is 16.4. The first-order chi connectivity index (χ1) is 16.1. The fraction of sp³-hybridized carbons (Fsp3) is 0.520.